The lowest BCUT2D eigenvalue weighted by Crippen LogP contribution is -2.21. The molecule has 1 aliphatic carbocycles. The number of rotatable bonds is 2. The second kappa shape index (κ2) is 4.35. The highest BCUT2D eigenvalue weighted by atomic mass is 15.1. The van der Waals surface area contributed by atoms with Crippen LogP contribution in [0.4, 0.5) is 0 Å². The summed E-state index contributed by atoms with van der Waals surface area (Å²) in [4.78, 5) is 2.08. The molecule has 1 aliphatic rings. The Labute approximate surface area is 69.8 Å². The normalized spacial score (nSPS) is 18.2. The van der Waals surface area contributed by atoms with E-state index in [0.717, 1.165) is 19.4 Å². The molecule has 0 aromatic rings. The fraction of sp³-hybridized carbons (Fsp3) is 0.889. The molecule has 64 valence electrons. The molecule has 1 saturated carbocycles. The molecular weight excluding hydrogens is 136 g/mol. The SMILES string of the molecule is CC.CN(C)CC1(C#N)CC1. The van der Waals surface area contributed by atoms with E-state index in [1.165, 1.54) is 0 Å². The van der Waals surface area contributed by atoms with Crippen LogP contribution in [0.15, 0.2) is 0 Å². The van der Waals surface area contributed by atoms with Gasteiger partial charge in [-0.1, -0.05) is 13.8 Å². The van der Waals surface area contributed by atoms with Crippen molar-refractivity contribution in [3.05, 3.63) is 0 Å². The van der Waals surface area contributed by atoms with E-state index in [1.54, 1.807) is 0 Å². The van der Waals surface area contributed by atoms with Gasteiger partial charge < -0.3 is 4.90 Å². The maximum Gasteiger partial charge on any atom is 0.0703 e. The summed E-state index contributed by atoms with van der Waals surface area (Å²) in [5, 5.41) is 8.63. The Morgan fingerprint density at radius 3 is 1.91 bits per heavy atom. The topological polar surface area (TPSA) is 27.0 Å². The number of nitriles is 1. The van der Waals surface area contributed by atoms with Gasteiger partial charge in [0.25, 0.3) is 0 Å². The van der Waals surface area contributed by atoms with E-state index in [2.05, 4.69) is 11.0 Å². The molecule has 0 spiro atoms. The maximum atomic E-state index is 8.63. The molecule has 2 heteroatoms. The first-order chi connectivity index (χ1) is 5.18. The minimum atomic E-state index is 0.0451. The van der Waals surface area contributed by atoms with Gasteiger partial charge in [-0.3, -0.25) is 0 Å². The van der Waals surface area contributed by atoms with Crippen LogP contribution in [-0.4, -0.2) is 25.5 Å². The highest BCUT2D eigenvalue weighted by Crippen LogP contribution is 2.44. The van der Waals surface area contributed by atoms with Crippen molar-refractivity contribution in [3.8, 4) is 6.07 Å². The first-order valence-corrected chi connectivity index (χ1v) is 4.24. The van der Waals surface area contributed by atoms with E-state index >= 15 is 0 Å². The van der Waals surface area contributed by atoms with Crippen LogP contribution in [0.1, 0.15) is 26.7 Å². The van der Waals surface area contributed by atoms with Gasteiger partial charge in [0.05, 0.1) is 11.5 Å². The molecule has 0 aliphatic heterocycles. The van der Waals surface area contributed by atoms with E-state index < -0.39 is 0 Å². The van der Waals surface area contributed by atoms with Gasteiger partial charge in [-0.2, -0.15) is 5.26 Å². The fourth-order valence-corrected chi connectivity index (χ4v) is 1.06. The minimum absolute atomic E-state index is 0.0451. The molecule has 1 rings (SSSR count). The Hall–Kier alpha value is -0.550. The van der Waals surface area contributed by atoms with Crippen molar-refractivity contribution < 1.29 is 0 Å². The Bertz CT molecular complexity index is 140. The summed E-state index contributed by atoms with van der Waals surface area (Å²) < 4.78 is 0. The largest absolute Gasteiger partial charge is 0.308 e. The summed E-state index contributed by atoms with van der Waals surface area (Å²) in [6.45, 7) is 4.93. The molecule has 0 amide bonds. The van der Waals surface area contributed by atoms with Gasteiger partial charge >= 0.3 is 0 Å². The smallest absolute Gasteiger partial charge is 0.0703 e. The summed E-state index contributed by atoms with van der Waals surface area (Å²) in [5.74, 6) is 0. The zero-order chi connectivity index (χ0) is 8.91. The Balaban J connectivity index is 0.000000461. The summed E-state index contributed by atoms with van der Waals surface area (Å²) in [6, 6.07) is 2.34. The van der Waals surface area contributed by atoms with Crippen molar-refractivity contribution in [1.29, 1.82) is 5.26 Å². The van der Waals surface area contributed by atoms with E-state index in [9.17, 15) is 0 Å². The van der Waals surface area contributed by atoms with Crippen LogP contribution in [0.2, 0.25) is 0 Å². The zero-order valence-electron chi connectivity index (χ0n) is 8.02. The molecule has 0 heterocycles. The predicted molar refractivity (Wildman–Crippen MR) is 47.2 cm³/mol. The summed E-state index contributed by atoms with van der Waals surface area (Å²) >= 11 is 0. The van der Waals surface area contributed by atoms with Crippen molar-refractivity contribution in [2.24, 2.45) is 5.41 Å². The molecule has 1 fully saturated rings. The highest BCUT2D eigenvalue weighted by Gasteiger charge is 2.43. The van der Waals surface area contributed by atoms with Crippen molar-refractivity contribution in [2.45, 2.75) is 26.7 Å². The second-order valence-electron chi connectivity index (χ2n) is 3.13. The lowest BCUT2D eigenvalue weighted by atomic mass is 10.1. The van der Waals surface area contributed by atoms with Crippen LogP contribution < -0.4 is 0 Å². The van der Waals surface area contributed by atoms with E-state index in [1.807, 2.05) is 27.9 Å². The third-order valence-electron chi connectivity index (χ3n) is 1.71. The van der Waals surface area contributed by atoms with Gasteiger partial charge in [0.2, 0.25) is 0 Å². The lowest BCUT2D eigenvalue weighted by Gasteiger charge is -2.11. The third-order valence-corrected chi connectivity index (χ3v) is 1.71. The maximum absolute atomic E-state index is 8.63. The number of hydrogen-bond acceptors (Lipinski definition) is 2. The number of nitrogens with zero attached hydrogens (tertiary/aromatic N) is 2. The van der Waals surface area contributed by atoms with E-state index in [4.69, 9.17) is 5.26 Å². The quantitative estimate of drug-likeness (QED) is 0.607. The summed E-state index contributed by atoms with van der Waals surface area (Å²) in [7, 11) is 4.02. The molecule has 11 heavy (non-hydrogen) atoms. The molecule has 0 aromatic heterocycles. The van der Waals surface area contributed by atoms with Gasteiger partial charge in [0.1, 0.15) is 0 Å². The summed E-state index contributed by atoms with van der Waals surface area (Å²) in [5.41, 5.74) is 0.0451. The number of hydrogen-bond donors (Lipinski definition) is 0. The van der Waals surface area contributed by atoms with Crippen molar-refractivity contribution in [1.82, 2.24) is 4.90 Å². The van der Waals surface area contributed by atoms with Crippen LogP contribution in [0, 0.1) is 16.7 Å². The monoisotopic (exact) mass is 154 g/mol. The summed E-state index contributed by atoms with van der Waals surface area (Å²) in [6.07, 6.45) is 2.20. The molecular formula is C9H18N2. The van der Waals surface area contributed by atoms with Crippen LogP contribution in [-0.2, 0) is 0 Å². The molecule has 0 unspecified atom stereocenters. The second-order valence-corrected chi connectivity index (χ2v) is 3.13. The van der Waals surface area contributed by atoms with Crippen LogP contribution in [0.3, 0.4) is 0 Å². The average Bonchev–Trinajstić information content (AvgIpc) is 2.73. The van der Waals surface area contributed by atoms with Gasteiger partial charge in [-0.15, -0.1) is 0 Å². The Morgan fingerprint density at radius 2 is 1.82 bits per heavy atom. The van der Waals surface area contributed by atoms with E-state index in [0.29, 0.717) is 0 Å². The Kier molecular flexibility index (Phi) is 4.14. The predicted octanol–water partition coefficient (Wildman–Crippen LogP) is 1.88. The molecule has 0 N–H and O–H groups in total. The minimum Gasteiger partial charge on any atom is -0.308 e. The van der Waals surface area contributed by atoms with Gasteiger partial charge in [-0.25, -0.2) is 0 Å². The highest BCUT2D eigenvalue weighted by molar-refractivity contribution is 5.10. The molecule has 0 saturated heterocycles. The van der Waals surface area contributed by atoms with Crippen LogP contribution >= 0.6 is 0 Å². The molecule has 0 bridgehead atoms. The standard InChI is InChI=1S/C7H12N2.C2H6/c1-9(2)6-7(5-8)3-4-7;1-2/h3-4,6H2,1-2H3;1-2H3. The molecule has 2 nitrogen and oxygen atoms in total. The van der Waals surface area contributed by atoms with Gasteiger partial charge in [-0.05, 0) is 26.9 Å². The van der Waals surface area contributed by atoms with Crippen molar-refractivity contribution in [2.75, 3.05) is 20.6 Å². The third kappa shape index (κ3) is 3.38. The van der Waals surface area contributed by atoms with Crippen molar-refractivity contribution in [3.63, 3.8) is 0 Å². The van der Waals surface area contributed by atoms with Gasteiger partial charge in [0.15, 0.2) is 0 Å². The van der Waals surface area contributed by atoms with Crippen LogP contribution in [0.25, 0.3) is 0 Å². The lowest BCUT2D eigenvalue weighted by molar-refractivity contribution is 0.352. The first kappa shape index (κ1) is 10.4. The first-order valence-electron chi connectivity index (χ1n) is 4.24. The Morgan fingerprint density at radius 1 is 1.36 bits per heavy atom. The zero-order valence-corrected chi connectivity index (χ0v) is 8.02. The van der Waals surface area contributed by atoms with Crippen LogP contribution in [0.5, 0.6) is 0 Å². The molecule has 0 atom stereocenters. The fourth-order valence-electron chi connectivity index (χ4n) is 1.06. The average molecular weight is 154 g/mol. The molecule has 0 aromatic carbocycles. The van der Waals surface area contributed by atoms with E-state index in [-0.39, 0.29) is 5.41 Å². The van der Waals surface area contributed by atoms with Crippen molar-refractivity contribution >= 4 is 0 Å². The van der Waals surface area contributed by atoms with Gasteiger partial charge in [0, 0.05) is 6.54 Å². The molecule has 0 radical (unpaired) electrons.